The lowest BCUT2D eigenvalue weighted by molar-refractivity contribution is -0.123. The Morgan fingerprint density at radius 1 is 1.46 bits per heavy atom. The largest absolute Gasteiger partial charge is 0.324 e. The molecule has 2 nitrogen and oxygen atoms in total. The van der Waals surface area contributed by atoms with Crippen molar-refractivity contribution in [2.24, 2.45) is 0 Å². The summed E-state index contributed by atoms with van der Waals surface area (Å²) in [4.78, 5) is 12.7. The van der Waals surface area contributed by atoms with Crippen LogP contribution in [0.15, 0.2) is 0 Å². The van der Waals surface area contributed by atoms with Crippen molar-refractivity contribution in [3.63, 3.8) is 0 Å². The highest BCUT2D eigenvalue weighted by molar-refractivity contribution is 6.84. The molecule has 0 spiro atoms. The minimum atomic E-state index is -1.45. The van der Waals surface area contributed by atoms with E-state index in [4.69, 9.17) is 6.42 Å². The van der Waals surface area contributed by atoms with Gasteiger partial charge in [-0.1, -0.05) is 25.6 Å². The molecule has 13 heavy (non-hydrogen) atoms. The Morgan fingerprint density at radius 3 is 2.38 bits per heavy atom. The molecule has 0 unspecified atom stereocenters. The number of rotatable bonds is 1. The summed E-state index contributed by atoms with van der Waals surface area (Å²) in [5, 5.41) is 0. The molecule has 0 aromatic heterocycles. The molecule has 0 aliphatic rings. The number of nitrogens with zero attached hydrogens (tertiary/aromatic N) is 1. The summed E-state index contributed by atoms with van der Waals surface area (Å²) in [5.74, 6) is 4.81. The van der Waals surface area contributed by atoms with Crippen LogP contribution in [0.25, 0.3) is 0 Å². The molecule has 0 heterocycles. The Kier molecular flexibility index (Phi) is 4.31. The van der Waals surface area contributed by atoms with E-state index in [0.29, 0.717) is 6.54 Å². The van der Waals surface area contributed by atoms with E-state index in [-0.39, 0.29) is 5.91 Å². The van der Waals surface area contributed by atoms with Crippen molar-refractivity contribution >= 4 is 14.0 Å². The number of hydrogen-bond donors (Lipinski definition) is 0. The third-order valence-corrected chi connectivity index (χ3v) is 2.09. The van der Waals surface area contributed by atoms with Crippen LogP contribution in [0.1, 0.15) is 0 Å². The van der Waals surface area contributed by atoms with Gasteiger partial charge < -0.3 is 4.90 Å². The summed E-state index contributed by atoms with van der Waals surface area (Å²) in [5.41, 5.74) is 2.99. The molecule has 0 bridgehead atoms. The van der Waals surface area contributed by atoms with Crippen LogP contribution in [-0.4, -0.2) is 32.5 Å². The van der Waals surface area contributed by atoms with Gasteiger partial charge in [0.15, 0.2) is 0 Å². The molecule has 0 saturated carbocycles. The zero-order valence-electron chi connectivity index (χ0n) is 8.64. The van der Waals surface area contributed by atoms with Crippen molar-refractivity contribution in [2.45, 2.75) is 19.6 Å². The molecule has 0 radical (unpaired) electrons. The van der Waals surface area contributed by atoms with Crippen molar-refractivity contribution < 1.29 is 4.79 Å². The zero-order chi connectivity index (χ0) is 10.5. The molecule has 70 valence electrons. The molecular formula is C10H15NOSi. The van der Waals surface area contributed by atoms with Gasteiger partial charge in [-0.05, 0) is 5.92 Å². The van der Waals surface area contributed by atoms with Crippen LogP contribution in [0.4, 0.5) is 0 Å². The van der Waals surface area contributed by atoms with Gasteiger partial charge in [0.1, 0.15) is 8.07 Å². The maximum absolute atomic E-state index is 11.3. The summed E-state index contributed by atoms with van der Waals surface area (Å²) in [6.45, 7) is 6.59. The van der Waals surface area contributed by atoms with Crippen LogP contribution in [0.3, 0.4) is 0 Å². The van der Waals surface area contributed by atoms with Crippen LogP contribution in [0.2, 0.25) is 19.6 Å². The quantitative estimate of drug-likeness (QED) is 0.449. The molecule has 0 aliphatic carbocycles. The SMILES string of the molecule is C#CCN(C)C(=O)C#C[Si](C)(C)C. The molecule has 1 amide bonds. The molecule has 0 aliphatic heterocycles. The summed E-state index contributed by atoms with van der Waals surface area (Å²) >= 11 is 0. The molecule has 0 aromatic rings. The van der Waals surface area contributed by atoms with E-state index in [2.05, 4.69) is 37.0 Å². The van der Waals surface area contributed by atoms with Gasteiger partial charge in [0, 0.05) is 7.05 Å². The van der Waals surface area contributed by atoms with Gasteiger partial charge in [-0.2, -0.15) is 0 Å². The van der Waals surface area contributed by atoms with E-state index >= 15 is 0 Å². The molecule has 0 rings (SSSR count). The molecule has 0 fully saturated rings. The molecule has 3 heteroatoms. The fourth-order valence-corrected chi connectivity index (χ4v) is 1.03. The fourth-order valence-electron chi connectivity index (χ4n) is 0.545. The lowest BCUT2D eigenvalue weighted by Crippen LogP contribution is -2.26. The lowest BCUT2D eigenvalue weighted by atomic mass is 10.5. The Morgan fingerprint density at radius 2 is 2.00 bits per heavy atom. The number of terminal acetylenes is 1. The summed E-state index contributed by atoms with van der Waals surface area (Å²) in [6, 6.07) is 0. The van der Waals surface area contributed by atoms with Gasteiger partial charge in [0.05, 0.1) is 6.54 Å². The van der Waals surface area contributed by atoms with Gasteiger partial charge in [-0.25, -0.2) is 0 Å². The van der Waals surface area contributed by atoms with E-state index in [1.807, 2.05) is 0 Å². The Balaban J connectivity index is 4.30. The highest BCUT2D eigenvalue weighted by Crippen LogP contribution is 1.96. The van der Waals surface area contributed by atoms with Crippen LogP contribution in [0, 0.1) is 23.8 Å². The second kappa shape index (κ2) is 4.74. The van der Waals surface area contributed by atoms with E-state index in [0.717, 1.165) is 0 Å². The van der Waals surface area contributed by atoms with Gasteiger partial charge in [0.2, 0.25) is 0 Å². The van der Waals surface area contributed by atoms with Crippen molar-refractivity contribution in [3.05, 3.63) is 0 Å². The van der Waals surface area contributed by atoms with Crippen molar-refractivity contribution in [1.82, 2.24) is 4.90 Å². The maximum atomic E-state index is 11.3. The third kappa shape index (κ3) is 6.01. The fraction of sp³-hybridized carbons (Fsp3) is 0.500. The molecule has 0 saturated heterocycles. The van der Waals surface area contributed by atoms with Gasteiger partial charge in [-0.3, -0.25) is 4.79 Å². The first-order valence-electron chi connectivity index (χ1n) is 4.08. The second-order valence-electron chi connectivity index (χ2n) is 3.87. The van der Waals surface area contributed by atoms with E-state index < -0.39 is 8.07 Å². The predicted molar refractivity (Wildman–Crippen MR) is 57.6 cm³/mol. The third-order valence-electron chi connectivity index (χ3n) is 1.22. The van der Waals surface area contributed by atoms with Crippen molar-refractivity contribution in [2.75, 3.05) is 13.6 Å². The van der Waals surface area contributed by atoms with Crippen LogP contribution >= 0.6 is 0 Å². The Labute approximate surface area is 81.3 Å². The van der Waals surface area contributed by atoms with E-state index in [1.54, 1.807) is 7.05 Å². The zero-order valence-corrected chi connectivity index (χ0v) is 9.64. The average molecular weight is 193 g/mol. The van der Waals surface area contributed by atoms with Crippen LogP contribution < -0.4 is 0 Å². The smallest absolute Gasteiger partial charge is 0.298 e. The predicted octanol–water partition coefficient (Wildman–Crippen LogP) is 0.959. The number of carbonyl (C=O) groups excluding carboxylic acids is 1. The van der Waals surface area contributed by atoms with Gasteiger partial charge in [-0.15, -0.1) is 12.0 Å². The topological polar surface area (TPSA) is 20.3 Å². The second-order valence-corrected chi connectivity index (χ2v) is 8.62. The van der Waals surface area contributed by atoms with Crippen LogP contribution in [0.5, 0.6) is 0 Å². The molecule has 0 aromatic carbocycles. The standard InChI is InChI=1S/C10H15NOSi/c1-6-8-11(2)10(12)7-9-13(3,4)5/h1H,8H2,2-5H3. The summed E-state index contributed by atoms with van der Waals surface area (Å²) in [6.07, 6.45) is 5.07. The normalized spacial score (nSPS) is 9.46. The minimum Gasteiger partial charge on any atom is -0.324 e. The minimum absolute atomic E-state index is 0.194. The first kappa shape index (κ1) is 11.8. The first-order valence-corrected chi connectivity index (χ1v) is 7.58. The van der Waals surface area contributed by atoms with Crippen molar-refractivity contribution in [1.29, 1.82) is 0 Å². The highest BCUT2D eigenvalue weighted by atomic mass is 28.3. The highest BCUT2D eigenvalue weighted by Gasteiger charge is 2.09. The lowest BCUT2D eigenvalue weighted by Gasteiger charge is -2.09. The Bertz CT molecular complexity index is 285. The van der Waals surface area contributed by atoms with Crippen molar-refractivity contribution in [3.8, 4) is 23.8 Å². The van der Waals surface area contributed by atoms with Crippen LogP contribution in [-0.2, 0) is 4.79 Å². The van der Waals surface area contributed by atoms with E-state index in [9.17, 15) is 4.79 Å². The molecule has 0 atom stereocenters. The monoisotopic (exact) mass is 193 g/mol. The average Bonchev–Trinajstić information content (AvgIpc) is 1.99. The van der Waals surface area contributed by atoms with Gasteiger partial charge >= 0.3 is 0 Å². The summed E-state index contributed by atoms with van der Waals surface area (Å²) in [7, 11) is 0.205. The Hall–Kier alpha value is -1.19. The molecule has 0 N–H and O–H groups in total. The van der Waals surface area contributed by atoms with E-state index in [1.165, 1.54) is 4.90 Å². The summed E-state index contributed by atoms with van der Waals surface area (Å²) < 4.78 is 0. The van der Waals surface area contributed by atoms with Gasteiger partial charge in [0.25, 0.3) is 5.91 Å². The maximum Gasteiger partial charge on any atom is 0.298 e. The first-order chi connectivity index (χ1) is 5.87. The number of hydrogen-bond acceptors (Lipinski definition) is 1. The number of amides is 1. The molecular weight excluding hydrogens is 178 g/mol. The number of carbonyl (C=O) groups is 1.